The van der Waals surface area contributed by atoms with Crippen LogP contribution >= 0.6 is 11.6 Å². The Bertz CT molecular complexity index is 1270. The second-order valence-electron chi connectivity index (χ2n) is 7.20. The molecule has 6 nitrogen and oxygen atoms in total. The van der Waals surface area contributed by atoms with Gasteiger partial charge in [-0.2, -0.15) is 0 Å². The number of rotatable bonds is 5. The number of anilines is 1. The number of carbonyl (C=O) groups is 1. The maximum atomic E-state index is 12.9. The molecular weight excluding hydrogens is 416 g/mol. The Labute approximate surface area is 184 Å². The summed E-state index contributed by atoms with van der Waals surface area (Å²) in [5.41, 5.74) is 5.19. The average molecular weight is 437 g/mol. The standard InChI is InChI=1S/C24H21ClN2O4/c1-13-7-14(2)22-21(8-13)27-24(31-22)15-5-6-19(25)20(11-15)26-23(28)16-9-17(29-3)12-18(10-16)30-4/h5-12H,1-4H3,(H,26,28). The zero-order valence-electron chi connectivity index (χ0n) is 17.6. The van der Waals surface area contributed by atoms with Crippen LogP contribution in [-0.4, -0.2) is 25.1 Å². The van der Waals surface area contributed by atoms with E-state index in [1.165, 1.54) is 14.2 Å². The van der Waals surface area contributed by atoms with E-state index in [4.69, 9.17) is 25.5 Å². The molecule has 1 aromatic heterocycles. The first-order valence-electron chi connectivity index (χ1n) is 9.60. The molecule has 1 N–H and O–H groups in total. The van der Waals surface area contributed by atoms with Gasteiger partial charge in [0, 0.05) is 17.2 Å². The van der Waals surface area contributed by atoms with Gasteiger partial charge >= 0.3 is 0 Å². The molecule has 0 bridgehead atoms. The van der Waals surface area contributed by atoms with Gasteiger partial charge in [0.1, 0.15) is 17.0 Å². The van der Waals surface area contributed by atoms with Crippen molar-refractivity contribution < 1.29 is 18.7 Å². The van der Waals surface area contributed by atoms with Crippen molar-refractivity contribution >= 4 is 34.3 Å². The largest absolute Gasteiger partial charge is 0.497 e. The second kappa shape index (κ2) is 8.32. The van der Waals surface area contributed by atoms with Crippen LogP contribution in [-0.2, 0) is 0 Å². The third-order valence-electron chi connectivity index (χ3n) is 4.90. The highest BCUT2D eigenvalue weighted by molar-refractivity contribution is 6.34. The molecule has 1 amide bonds. The van der Waals surface area contributed by atoms with Crippen LogP contribution in [0.3, 0.4) is 0 Å². The number of aromatic nitrogens is 1. The Hall–Kier alpha value is -3.51. The van der Waals surface area contributed by atoms with E-state index in [2.05, 4.69) is 10.3 Å². The lowest BCUT2D eigenvalue weighted by Crippen LogP contribution is -2.12. The number of methoxy groups -OCH3 is 2. The lowest BCUT2D eigenvalue weighted by molar-refractivity contribution is 0.102. The van der Waals surface area contributed by atoms with Crippen molar-refractivity contribution in [2.75, 3.05) is 19.5 Å². The number of nitrogens with zero attached hydrogens (tertiary/aromatic N) is 1. The van der Waals surface area contributed by atoms with Crippen molar-refractivity contribution in [2.24, 2.45) is 0 Å². The van der Waals surface area contributed by atoms with Crippen molar-refractivity contribution in [3.63, 3.8) is 0 Å². The third kappa shape index (κ3) is 4.20. The van der Waals surface area contributed by atoms with E-state index in [0.29, 0.717) is 39.2 Å². The van der Waals surface area contributed by atoms with Gasteiger partial charge in [-0.1, -0.05) is 17.7 Å². The zero-order chi connectivity index (χ0) is 22.1. The molecule has 7 heteroatoms. The van der Waals surface area contributed by atoms with Crippen LogP contribution in [0.25, 0.3) is 22.6 Å². The number of ether oxygens (including phenoxy) is 2. The first kappa shape index (κ1) is 20.8. The lowest BCUT2D eigenvalue weighted by atomic mass is 10.1. The van der Waals surface area contributed by atoms with E-state index in [1.54, 1.807) is 36.4 Å². The smallest absolute Gasteiger partial charge is 0.255 e. The van der Waals surface area contributed by atoms with Crippen molar-refractivity contribution in [3.05, 3.63) is 70.2 Å². The van der Waals surface area contributed by atoms with E-state index in [1.807, 2.05) is 26.0 Å². The first-order valence-corrected chi connectivity index (χ1v) is 9.98. The molecule has 158 valence electrons. The highest BCUT2D eigenvalue weighted by Gasteiger charge is 2.15. The predicted octanol–water partition coefficient (Wildman–Crippen LogP) is 6.03. The van der Waals surface area contributed by atoms with Gasteiger partial charge in [-0.25, -0.2) is 4.98 Å². The molecule has 0 radical (unpaired) electrons. The molecule has 0 spiro atoms. The quantitative estimate of drug-likeness (QED) is 0.413. The zero-order valence-corrected chi connectivity index (χ0v) is 18.3. The van der Waals surface area contributed by atoms with Gasteiger partial charge in [-0.15, -0.1) is 0 Å². The molecule has 4 rings (SSSR count). The summed E-state index contributed by atoms with van der Waals surface area (Å²) in [6, 6.07) is 14.2. The number of fused-ring (bicyclic) bond motifs is 1. The van der Waals surface area contributed by atoms with Crippen LogP contribution in [0, 0.1) is 13.8 Å². The van der Waals surface area contributed by atoms with Gasteiger partial charge < -0.3 is 19.2 Å². The predicted molar refractivity (Wildman–Crippen MR) is 121 cm³/mol. The Morgan fingerprint density at radius 3 is 2.39 bits per heavy atom. The summed E-state index contributed by atoms with van der Waals surface area (Å²) in [6.45, 7) is 4.00. The summed E-state index contributed by atoms with van der Waals surface area (Å²) in [7, 11) is 3.06. The Morgan fingerprint density at radius 1 is 1.00 bits per heavy atom. The molecule has 0 aliphatic heterocycles. The van der Waals surface area contributed by atoms with Crippen molar-refractivity contribution in [1.29, 1.82) is 0 Å². The number of hydrogen-bond donors (Lipinski definition) is 1. The molecular formula is C24H21ClN2O4. The molecule has 0 aliphatic carbocycles. The van der Waals surface area contributed by atoms with E-state index < -0.39 is 0 Å². The van der Waals surface area contributed by atoms with Gasteiger partial charge in [-0.05, 0) is 61.4 Å². The fourth-order valence-electron chi connectivity index (χ4n) is 3.39. The van der Waals surface area contributed by atoms with E-state index in [0.717, 1.165) is 22.2 Å². The molecule has 0 fully saturated rings. The molecule has 0 unspecified atom stereocenters. The van der Waals surface area contributed by atoms with Crippen molar-refractivity contribution in [2.45, 2.75) is 13.8 Å². The van der Waals surface area contributed by atoms with Gasteiger partial charge in [0.2, 0.25) is 5.89 Å². The summed E-state index contributed by atoms with van der Waals surface area (Å²) in [5, 5.41) is 3.24. The van der Waals surface area contributed by atoms with Gasteiger partial charge in [-0.3, -0.25) is 4.79 Å². The number of benzene rings is 3. The van der Waals surface area contributed by atoms with Crippen molar-refractivity contribution in [1.82, 2.24) is 4.98 Å². The van der Waals surface area contributed by atoms with Crippen LogP contribution < -0.4 is 14.8 Å². The van der Waals surface area contributed by atoms with E-state index >= 15 is 0 Å². The fraction of sp³-hybridized carbons (Fsp3) is 0.167. The Balaban J connectivity index is 1.67. The Kier molecular flexibility index (Phi) is 5.57. The first-order chi connectivity index (χ1) is 14.9. The highest BCUT2D eigenvalue weighted by Crippen LogP contribution is 2.32. The van der Waals surface area contributed by atoms with Crippen LogP contribution in [0.1, 0.15) is 21.5 Å². The van der Waals surface area contributed by atoms with Crippen LogP contribution in [0.15, 0.2) is 52.9 Å². The minimum Gasteiger partial charge on any atom is -0.497 e. The van der Waals surface area contributed by atoms with Gasteiger partial charge in [0.25, 0.3) is 5.91 Å². The third-order valence-corrected chi connectivity index (χ3v) is 5.22. The van der Waals surface area contributed by atoms with Crippen LogP contribution in [0.4, 0.5) is 5.69 Å². The molecule has 0 aliphatic rings. The minimum absolute atomic E-state index is 0.347. The number of carbonyl (C=O) groups excluding carboxylic acids is 1. The fourth-order valence-corrected chi connectivity index (χ4v) is 3.55. The number of aryl methyl sites for hydroxylation is 2. The molecule has 4 aromatic rings. The summed E-state index contributed by atoms with van der Waals surface area (Å²) in [4.78, 5) is 17.5. The normalized spacial score (nSPS) is 10.9. The maximum Gasteiger partial charge on any atom is 0.255 e. The number of oxazole rings is 1. The SMILES string of the molecule is COc1cc(OC)cc(C(=O)Nc2cc(-c3nc4cc(C)cc(C)c4o3)ccc2Cl)c1. The monoisotopic (exact) mass is 436 g/mol. The number of halogens is 1. The van der Waals surface area contributed by atoms with Crippen LogP contribution in [0.2, 0.25) is 5.02 Å². The van der Waals surface area contributed by atoms with Crippen LogP contribution in [0.5, 0.6) is 11.5 Å². The Morgan fingerprint density at radius 2 is 1.71 bits per heavy atom. The summed E-state index contributed by atoms with van der Waals surface area (Å²) < 4.78 is 16.5. The molecule has 3 aromatic carbocycles. The van der Waals surface area contributed by atoms with Gasteiger partial charge in [0.05, 0.1) is 24.9 Å². The van der Waals surface area contributed by atoms with E-state index in [9.17, 15) is 4.79 Å². The summed E-state index contributed by atoms with van der Waals surface area (Å²) in [6.07, 6.45) is 0. The maximum absolute atomic E-state index is 12.9. The molecule has 0 saturated heterocycles. The number of amides is 1. The highest BCUT2D eigenvalue weighted by atomic mass is 35.5. The molecule has 0 atom stereocenters. The topological polar surface area (TPSA) is 73.6 Å². The lowest BCUT2D eigenvalue weighted by Gasteiger charge is -2.11. The number of hydrogen-bond acceptors (Lipinski definition) is 5. The average Bonchev–Trinajstić information content (AvgIpc) is 3.19. The second-order valence-corrected chi connectivity index (χ2v) is 7.61. The van der Waals surface area contributed by atoms with E-state index in [-0.39, 0.29) is 5.91 Å². The summed E-state index contributed by atoms with van der Waals surface area (Å²) >= 11 is 6.34. The van der Waals surface area contributed by atoms with Crippen molar-refractivity contribution in [3.8, 4) is 23.0 Å². The summed E-state index contributed by atoms with van der Waals surface area (Å²) in [5.74, 6) is 1.14. The molecule has 1 heterocycles. The molecule has 31 heavy (non-hydrogen) atoms. The van der Waals surface area contributed by atoms with Gasteiger partial charge in [0.15, 0.2) is 5.58 Å². The minimum atomic E-state index is -0.347. The number of nitrogens with one attached hydrogen (secondary N) is 1. The molecule has 0 saturated carbocycles.